The summed E-state index contributed by atoms with van der Waals surface area (Å²) in [5.41, 5.74) is 3.52. The summed E-state index contributed by atoms with van der Waals surface area (Å²) < 4.78 is 0. The smallest absolute Gasteiger partial charge is 0.205 e. The Morgan fingerprint density at radius 1 is 0.467 bits per heavy atom. The maximum atomic E-state index is 4.47. The molecule has 0 fully saturated rings. The molecular weight excluding hydrogens is 368 g/mol. The van der Waals surface area contributed by atoms with Crippen LogP contribution < -0.4 is 0 Å². The van der Waals surface area contributed by atoms with Crippen molar-refractivity contribution >= 4 is 21.8 Å². The highest BCUT2D eigenvalue weighted by Gasteiger charge is 1.97. The highest BCUT2D eigenvalue weighted by atomic mass is 14.9. The van der Waals surface area contributed by atoms with E-state index in [2.05, 4.69) is 43.6 Å². The molecule has 4 nitrogen and oxygen atoms in total. The summed E-state index contributed by atoms with van der Waals surface area (Å²) in [6.07, 6.45) is 3.58. The minimum Gasteiger partial charge on any atom is -0.229 e. The quantitative estimate of drug-likeness (QED) is 0.373. The first-order chi connectivity index (χ1) is 14.8. The fourth-order valence-corrected chi connectivity index (χ4v) is 2.96. The highest BCUT2D eigenvalue weighted by molar-refractivity contribution is 5.78. The first kappa shape index (κ1) is 17.6. The average molecular weight is 382 g/mol. The van der Waals surface area contributed by atoms with Crippen LogP contribution in [0.1, 0.15) is 22.8 Å². The minimum absolute atomic E-state index is 0.506. The van der Waals surface area contributed by atoms with Gasteiger partial charge in [-0.25, -0.2) is 19.9 Å². The predicted molar refractivity (Wildman–Crippen MR) is 117 cm³/mol. The largest absolute Gasteiger partial charge is 0.229 e. The molecule has 0 aliphatic carbocycles. The molecule has 0 aliphatic rings. The number of hydrogen-bond acceptors (Lipinski definition) is 4. The van der Waals surface area contributed by atoms with E-state index in [-0.39, 0.29) is 0 Å². The maximum absolute atomic E-state index is 4.47. The molecule has 0 amide bonds. The summed E-state index contributed by atoms with van der Waals surface area (Å²) in [5.74, 6) is 13.2. The van der Waals surface area contributed by atoms with Gasteiger partial charge in [-0.1, -0.05) is 48.2 Å². The molecule has 0 spiro atoms. The van der Waals surface area contributed by atoms with Crippen molar-refractivity contribution in [1.29, 1.82) is 0 Å². The van der Waals surface area contributed by atoms with Crippen molar-refractivity contribution in [3.05, 3.63) is 108 Å². The molecular formula is C26H14N4. The fourth-order valence-electron chi connectivity index (χ4n) is 2.96. The second kappa shape index (κ2) is 7.83. The van der Waals surface area contributed by atoms with Gasteiger partial charge < -0.3 is 0 Å². The van der Waals surface area contributed by atoms with E-state index in [4.69, 9.17) is 0 Å². The third kappa shape index (κ3) is 3.85. The molecule has 0 saturated heterocycles. The lowest BCUT2D eigenvalue weighted by Gasteiger charge is -1.96. The minimum atomic E-state index is 0.506. The monoisotopic (exact) mass is 382 g/mol. The van der Waals surface area contributed by atoms with Gasteiger partial charge in [0.15, 0.2) is 0 Å². The van der Waals surface area contributed by atoms with Gasteiger partial charge in [0.2, 0.25) is 11.6 Å². The van der Waals surface area contributed by atoms with E-state index in [9.17, 15) is 0 Å². The molecule has 2 heterocycles. The van der Waals surface area contributed by atoms with Crippen LogP contribution >= 0.6 is 0 Å². The zero-order valence-electron chi connectivity index (χ0n) is 15.9. The van der Waals surface area contributed by atoms with Crippen LogP contribution in [0.3, 0.4) is 0 Å². The molecule has 0 N–H and O–H groups in total. The zero-order valence-corrected chi connectivity index (χ0v) is 15.9. The van der Waals surface area contributed by atoms with Gasteiger partial charge in [0, 0.05) is 34.3 Å². The lowest BCUT2D eigenvalue weighted by Crippen LogP contribution is -1.89. The van der Waals surface area contributed by atoms with Gasteiger partial charge >= 0.3 is 0 Å². The van der Waals surface area contributed by atoms with Crippen molar-refractivity contribution in [2.45, 2.75) is 0 Å². The molecule has 0 unspecified atom stereocenters. The summed E-state index contributed by atoms with van der Waals surface area (Å²) in [4.78, 5) is 17.5. The van der Waals surface area contributed by atoms with Crippen molar-refractivity contribution in [3.63, 3.8) is 0 Å². The van der Waals surface area contributed by atoms with E-state index in [1.807, 2.05) is 72.8 Å². The Morgan fingerprint density at radius 3 is 1.37 bits per heavy atom. The van der Waals surface area contributed by atoms with Crippen molar-refractivity contribution < 1.29 is 0 Å². The van der Waals surface area contributed by atoms with Crippen molar-refractivity contribution in [3.8, 4) is 23.7 Å². The molecule has 0 bridgehead atoms. The second-order valence-corrected chi connectivity index (χ2v) is 6.58. The van der Waals surface area contributed by atoms with Gasteiger partial charge in [0.1, 0.15) is 0 Å². The number of nitrogens with zero attached hydrogens (tertiary/aromatic N) is 4. The zero-order chi connectivity index (χ0) is 20.2. The topological polar surface area (TPSA) is 51.6 Å². The van der Waals surface area contributed by atoms with E-state index in [1.165, 1.54) is 0 Å². The van der Waals surface area contributed by atoms with Crippen LogP contribution in [-0.4, -0.2) is 19.9 Å². The highest BCUT2D eigenvalue weighted by Crippen LogP contribution is 2.10. The molecule has 5 aromatic rings. The van der Waals surface area contributed by atoms with Crippen LogP contribution in [0.4, 0.5) is 0 Å². The van der Waals surface area contributed by atoms with Gasteiger partial charge in [0.25, 0.3) is 0 Å². The molecule has 2 aromatic heterocycles. The standard InChI is InChI=1S/C26H14N4/c1-3-7-23-21(5-1)17-27-25(29-23)15-13-19-9-11-20(12-10-19)14-16-26-28-18-22-6-2-4-8-24(22)30-26/h1-12,17-18H. The van der Waals surface area contributed by atoms with E-state index in [0.717, 1.165) is 32.9 Å². The van der Waals surface area contributed by atoms with E-state index in [0.29, 0.717) is 11.6 Å². The Bertz CT molecular complexity index is 1380. The normalized spacial score (nSPS) is 10.1. The predicted octanol–water partition coefficient (Wildman–Crippen LogP) is 4.37. The number of para-hydroxylation sites is 2. The van der Waals surface area contributed by atoms with Crippen molar-refractivity contribution in [2.24, 2.45) is 0 Å². The summed E-state index contributed by atoms with van der Waals surface area (Å²) in [6, 6.07) is 23.4. The number of rotatable bonds is 0. The molecule has 0 atom stereocenters. The van der Waals surface area contributed by atoms with Gasteiger partial charge in [-0.3, -0.25) is 0 Å². The maximum Gasteiger partial charge on any atom is 0.205 e. The van der Waals surface area contributed by atoms with Crippen molar-refractivity contribution in [2.75, 3.05) is 0 Å². The molecule has 0 aliphatic heterocycles. The Balaban J connectivity index is 1.34. The van der Waals surface area contributed by atoms with Gasteiger partial charge in [-0.2, -0.15) is 0 Å². The first-order valence-electron chi connectivity index (χ1n) is 9.41. The Morgan fingerprint density at radius 2 is 0.900 bits per heavy atom. The molecule has 4 heteroatoms. The molecule has 138 valence electrons. The van der Waals surface area contributed by atoms with Crippen LogP contribution in [0.15, 0.2) is 85.2 Å². The van der Waals surface area contributed by atoms with E-state index < -0.39 is 0 Å². The molecule has 5 rings (SSSR count). The lowest BCUT2D eigenvalue weighted by atomic mass is 10.1. The summed E-state index contributed by atoms with van der Waals surface area (Å²) >= 11 is 0. The SMILES string of the molecule is C(#Cc1ncc2ccccc2n1)c1ccc(C#Cc2ncc3ccccc3n2)cc1. The number of hydrogen-bond donors (Lipinski definition) is 0. The van der Waals surface area contributed by atoms with Gasteiger partial charge in [-0.15, -0.1) is 0 Å². The second-order valence-electron chi connectivity index (χ2n) is 6.58. The molecule has 0 saturated carbocycles. The van der Waals surface area contributed by atoms with Crippen molar-refractivity contribution in [1.82, 2.24) is 19.9 Å². The fraction of sp³-hybridized carbons (Fsp3) is 0. The third-order valence-electron chi connectivity index (χ3n) is 4.50. The average Bonchev–Trinajstić information content (AvgIpc) is 2.82. The van der Waals surface area contributed by atoms with E-state index >= 15 is 0 Å². The van der Waals surface area contributed by atoms with Crippen LogP contribution in [-0.2, 0) is 0 Å². The van der Waals surface area contributed by atoms with Crippen LogP contribution in [0, 0.1) is 23.7 Å². The summed E-state index contributed by atoms with van der Waals surface area (Å²) in [6.45, 7) is 0. The first-order valence-corrected chi connectivity index (χ1v) is 9.41. The Kier molecular flexibility index (Phi) is 4.58. The molecule has 0 radical (unpaired) electrons. The van der Waals surface area contributed by atoms with Gasteiger partial charge in [0.05, 0.1) is 11.0 Å². The van der Waals surface area contributed by atoms with Crippen LogP contribution in [0.5, 0.6) is 0 Å². The summed E-state index contributed by atoms with van der Waals surface area (Å²) in [7, 11) is 0. The Labute approximate surface area is 173 Å². The summed E-state index contributed by atoms with van der Waals surface area (Å²) in [5, 5.41) is 2.00. The van der Waals surface area contributed by atoms with Gasteiger partial charge in [-0.05, 0) is 48.2 Å². The Hall–Kier alpha value is -4.54. The number of aromatic nitrogens is 4. The van der Waals surface area contributed by atoms with Crippen LogP contribution in [0.25, 0.3) is 21.8 Å². The molecule has 3 aromatic carbocycles. The third-order valence-corrected chi connectivity index (χ3v) is 4.50. The lowest BCUT2D eigenvalue weighted by molar-refractivity contribution is 1.17. The number of fused-ring (bicyclic) bond motifs is 2. The van der Waals surface area contributed by atoms with Crippen LogP contribution in [0.2, 0.25) is 0 Å². The van der Waals surface area contributed by atoms with E-state index in [1.54, 1.807) is 12.4 Å². The molecule has 30 heavy (non-hydrogen) atoms. The number of benzene rings is 3.